The Balaban J connectivity index is 1.39. The van der Waals surface area contributed by atoms with Crippen molar-refractivity contribution in [2.45, 2.75) is 25.4 Å². The number of hydrogen-bond donors (Lipinski definition) is 1. The summed E-state index contributed by atoms with van der Waals surface area (Å²) < 4.78 is 18.8. The average molecular weight is 388 g/mol. The van der Waals surface area contributed by atoms with Crippen LogP contribution in [0.15, 0.2) is 48.5 Å². The second-order valence-electron chi connectivity index (χ2n) is 7.30. The summed E-state index contributed by atoms with van der Waals surface area (Å²) in [5.74, 6) is 0.708. The third-order valence-electron chi connectivity index (χ3n) is 5.06. The Morgan fingerprint density at radius 1 is 1.21 bits per heavy atom. The number of aliphatic hydroxyl groups excluding tert-OH is 1. The summed E-state index contributed by atoms with van der Waals surface area (Å²) in [6, 6.07) is 12.7. The predicted octanol–water partition coefficient (Wildman–Crippen LogP) is 3.43. The van der Waals surface area contributed by atoms with E-state index in [-0.39, 0.29) is 18.1 Å². The highest BCUT2D eigenvalue weighted by Crippen LogP contribution is 2.23. The zero-order valence-corrected chi connectivity index (χ0v) is 15.7. The molecule has 1 heterocycles. The number of hydrogen-bond acceptors (Lipinski definition) is 5. The van der Waals surface area contributed by atoms with E-state index in [2.05, 4.69) is 4.90 Å². The van der Waals surface area contributed by atoms with Gasteiger partial charge in [-0.25, -0.2) is 4.39 Å². The number of nitro benzene ring substituents is 1. The fraction of sp³-hybridized carbons (Fsp3) is 0.429. The van der Waals surface area contributed by atoms with Gasteiger partial charge in [-0.2, -0.15) is 0 Å². The number of nitro groups is 1. The van der Waals surface area contributed by atoms with Gasteiger partial charge in [0.25, 0.3) is 5.69 Å². The van der Waals surface area contributed by atoms with Crippen molar-refractivity contribution in [3.63, 3.8) is 0 Å². The first kappa shape index (κ1) is 20.2. The summed E-state index contributed by atoms with van der Waals surface area (Å²) in [4.78, 5) is 12.5. The first-order valence-electron chi connectivity index (χ1n) is 9.51. The summed E-state index contributed by atoms with van der Waals surface area (Å²) >= 11 is 0. The third-order valence-corrected chi connectivity index (χ3v) is 5.06. The molecule has 0 bridgehead atoms. The number of nitrogens with zero attached hydrogens (tertiary/aromatic N) is 2. The van der Waals surface area contributed by atoms with Crippen molar-refractivity contribution >= 4 is 5.69 Å². The lowest BCUT2D eigenvalue weighted by Gasteiger charge is -2.33. The van der Waals surface area contributed by atoms with E-state index in [9.17, 15) is 19.6 Å². The lowest BCUT2D eigenvalue weighted by molar-refractivity contribution is -0.384. The smallest absolute Gasteiger partial charge is 0.273 e. The van der Waals surface area contributed by atoms with Gasteiger partial charge in [0.1, 0.15) is 24.3 Å². The number of aliphatic hydroxyl groups is 1. The first-order chi connectivity index (χ1) is 13.5. The van der Waals surface area contributed by atoms with Gasteiger partial charge < -0.3 is 14.7 Å². The van der Waals surface area contributed by atoms with E-state index in [1.807, 2.05) is 6.07 Å². The minimum absolute atomic E-state index is 0.0349. The van der Waals surface area contributed by atoms with Crippen molar-refractivity contribution in [1.82, 2.24) is 4.90 Å². The summed E-state index contributed by atoms with van der Waals surface area (Å²) in [6.45, 7) is 2.35. The molecule has 3 rings (SSSR count). The van der Waals surface area contributed by atoms with Gasteiger partial charge in [-0.15, -0.1) is 0 Å². The molecule has 0 spiro atoms. The summed E-state index contributed by atoms with van der Waals surface area (Å²) in [7, 11) is 0. The third kappa shape index (κ3) is 6.00. The summed E-state index contributed by atoms with van der Waals surface area (Å²) in [6.07, 6.45) is 2.23. The lowest BCUT2D eigenvalue weighted by Crippen LogP contribution is -2.41. The summed E-state index contributed by atoms with van der Waals surface area (Å²) in [5, 5.41) is 21.0. The van der Waals surface area contributed by atoms with E-state index >= 15 is 0 Å². The van der Waals surface area contributed by atoms with E-state index in [4.69, 9.17) is 4.74 Å². The van der Waals surface area contributed by atoms with Crippen molar-refractivity contribution < 1.29 is 19.2 Å². The number of ether oxygens (including phenoxy) is 1. The van der Waals surface area contributed by atoms with Gasteiger partial charge in [0.2, 0.25) is 0 Å². The highest BCUT2D eigenvalue weighted by Gasteiger charge is 2.21. The summed E-state index contributed by atoms with van der Waals surface area (Å²) in [5.41, 5.74) is 0.996. The molecule has 1 fully saturated rings. The molecule has 0 radical (unpaired) electrons. The molecular weight excluding hydrogens is 363 g/mol. The van der Waals surface area contributed by atoms with Crippen LogP contribution in [0, 0.1) is 21.8 Å². The Hall–Kier alpha value is -2.51. The van der Waals surface area contributed by atoms with E-state index in [0.29, 0.717) is 18.2 Å². The SMILES string of the molecule is O=[N+]([O-])c1cccc(OCC(O)CN2CCC(Cc3cccc(F)c3)CC2)c1. The Morgan fingerprint density at radius 2 is 1.96 bits per heavy atom. The monoisotopic (exact) mass is 388 g/mol. The standard InChI is InChI=1S/C21H25FN2O4/c22-18-4-1-3-17(12-18)11-16-7-9-23(10-8-16)14-20(25)15-28-21-6-2-5-19(13-21)24(26)27/h1-6,12-13,16,20,25H,7-11,14-15H2. The van der Waals surface area contributed by atoms with E-state index < -0.39 is 11.0 Å². The molecule has 2 aromatic rings. The molecule has 7 heteroatoms. The molecule has 1 atom stereocenters. The number of rotatable bonds is 8. The molecule has 150 valence electrons. The van der Waals surface area contributed by atoms with Crippen LogP contribution in [-0.2, 0) is 6.42 Å². The molecular formula is C21H25FN2O4. The zero-order chi connectivity index (χ0) is 19.9. The van der Waals surface area contributed by atoms with Crippen LogP contribution in [0.3, 0.4) is 0 Å². The largest absolute Gasteiger partial charge is 0.491 e. The Bertz CT molecular complexity index is 793. The van der Waals surface area contributed by atoms with Gasteiger partial charge in [0.05, 0.1) is 11.0 Å². The second-order valence-corrected chi connectivity index (χ2v) is 7.30. The van der Waals surface area contributed by atoms with Crippen molar-refractivity contribution in [2.24, 2.45) is 5.92 Å². The number of benzene rings is 2. The predicted molar refractivity (Wildman–Crippen MR) is 104 cm³/mol. The normalized spacial score (nSPS) is 16.6. The van der Waals surface area contributed by atoms with Crippen LogP contribution < -0.4 is 4.74 Å². The van der Waals surface area contributed by atoms with Crippen LogP contribution in [-0.4, -0.2) is 47.3 Å². The van der Waals surface area contributed by atoms with E-state index in [1.165, 1.54) is 18.2 Å². The number of likely N-dealkylation sites (tertiary alicyclic amines) is 1. The fourth-order valence-electron chi connectivity index (χ4n) is 3.60. The van der Waals surface area contributed by atoms with Crippen LogP contribution >= 0.6 is 0 Å². The number of non-ortho nitro benzene ring substituents is 1. The van der Waals surface area contributed by atoms with Crippen LogP contribution in [0.5, 0.6) is 5.75 Å². The molecule has 1 aliphatic heterocycles. The Kier molecular flexibility index (Phi) is 6.95. The van der Waals surface area contributed by atoms with Gasteiger partial charge in [0, 0.05) is 12.6 Å². The first-order valence-corrected chi connectivity index (χ1v) is 9.51. The van der Waals surface area contributed by atoms with Gasteiger partial charge in [-0.05, 0) is 62.0 Å². The molecule has 1 saturated heterocycles. The quantitative estimate of drug-likeness (QED) is 0.554. The number of piperidine rings is 1. The molecule has 2 aromatic carbocycles. The highest BCUT2D eigenvalue weighted by molar-refractivity contribution is 5.37. The molecule has 1 N–H and O–H groups in total. The average Bonchev–Trinajstić information content (AvgIpc) is 2.68. The molecule has 28 heavy (non-hydrogen) atoms. The molecule has 6 nitrogen and oxygen atoms in total. The van der Waals surface area contributed by atoms with Crippen LogP contribution in [0.2, 0.25) is 0 Å². The topological polar surface area (TPSA) is 75.8 Å². The minimum Gasteiger partial charge on any atom is -0.491 e. The maximum Gasteiger partial charge on any atom is 0.273 e. The molecule has 0 amide bonds. The molecule has 1 unspecified atom stereocenters. The number of halogens is 1. The Morgan fingerprint density at radius 3 is 2.68 bits per heavy atom. The lowest BCUT2D eigenvalue weighted by atomic mass is 9.90. The second kappa shape index (κ2) is 9.61. The maximum atomic E-state index is 13.3. The number of β-amino-alcohol motifs (C(OH)–C–C–N with tert-alkyl or cyclic N) is 1. The molecule has 0 saturated carbocycles. The Labute approximate surface area is 163 Å². The molecule has 0 aromatic heterocycles. The minimum atomic E-state index is -0.668. The van der Waals surface area contributed by atoms with E-state index in [1.54, 1.807) is 24.3 Å². The van der Waals surface area contributed by atoms with Crippen molar-refractivity contribution in [3.05, 3.63) is 70.0 Å². The highest BCUT2D eigenvalue weighted by atomic mass is 19.1. The molecule has 0 aliphatic carbocycles. The van der Waals surface area contributed by atoms with Crippen LogP contribution in [0.25, 0.3) is 0 Å². The van der Waals surface area contributed by atoms with Crippen molar-refractivity contribution in [2.75, 3.05) is 26.2 Å². The molecule has 1 aliphatic rings. The van der Waals surface area contributed by atoms with Crippen LogP contribution in [0.4, 0.5) is 10.1 Å². The van der Waals surface area contributed by atoms with Crippen LogP contribution in [0.1, 0.15) is 18.4 Å². The van der Waals surface area contributed by atoms with Gasteiger partial charge >= 0.3 is 0 Å². The van der Waals surface area contributed by atoms with Gasteiger partial charge in [-0.1, -0.05) is 18.2 Å². The maximum absolute atomic E-state index is 13.3. The van der Waals surface area contributed by atoms with E-state index in [0.717, 1.165) is 37.9 Å². The van der Waals surface area contributed by atoms with Gasteiger partial charge in [0.15, 0.2) is 0 Å². The zero-order valence-electron chi connectivity index (χ0n) is 15.7. The van der Waals surface area contributed by atoms with Gasteiger partial charge in [-0.3, -0.25) is 10.1 Å². The van der Waals surface area contributed by atoms with Crippen molar-refractivity contribution in [1.29, 1.82) is 0 Å². The van der Waals surface area contributed by atoms with Crippen molar-refractivity contribution in [3.8, 4) is 5.75 Å². The fourth-order valence-corrected chi connectivity index (χ4v) is 3.60.